The van der Waals surface area contributed by atoms with Crippen LogP contribution in [0.5, 0.6) is 0 Å². The van der Waals surface area contributed by atoms with Gasteiger partial charge in [-0.3, -0.25) is 14.5 Å². The van der Waals surface area contributed by atoms with Gasteiger partial charge < -0.3 is 9.73 Å². The van der Waals surface area contributed by atoms with E-state index in [1.54, 1.807) is 17.2 Å². The molecule has 7 heteroatoms. The molecule has 176 valence electrons. The number of furan rings is 1. The third-order valence-electron chi connectivity index (χ3n) is 6.01. The maximum absolute atomic E-state index is 13.4. The fourth-order valence-electron chi connectivity index (χ4n) is 4.21. The summed E-state index contributed by atoms with van der Waals surface area (Å²) in [4.78, 5) is 32.8. The van der Waals surface area contributed by atoms with E-state index in [4.69, 9.17) is 9.41 Å². The minimum Gasteiger partial charge on any atom is -0.467 e. The number of nitrogens with one attached hydrogen (secondary N) is 1. The fourth-order valence-corrected chi connectivity index (χ4v) is 5.36. The molecule has 1 atom stereocenters. The highest BCUT2D eigenvalue weighted by Gasteiger charge is 2.39. The summed E-state index contributed by atoms with van der Waals surface area (Å²) in [5.41, 5.74) is 3.55. The lowest BCUT2D eigenvalue weighted by Crippen LogP contribution is -2.33. The van der Waals surface area contributed by atoms with Crippen molar-refractivity contribution in [2.24, 2.45) is 4.99 Å². The number of amides is 2. The van der Waals surface area contributed by atoms with Crippen molar-refractivity contribution in [1.29, 1.82) is 0 Å². The molecule has 0 saturated carbocycles. The number of hydrogen-bond donors (Lipinski definition) is 1. The summed E-state index contributed by atoms with van der Waals surface area (Å²) in [6.45, 7) is 4.17. The predicted octanol–water partition coefficient (Wildman–Crippen LogP) is 6.21. The van der Waals surface area contributed by atoms with Gasteiger partial charge in [0.15, 0.2) is 5.17 Å². The van der Waals surface area contributed by atoms with Crippen LogP contribution in [0.2, 0.25) is 0 Å². The lowest BCUT2D eigenvalue weighted by atomic mass is 10.1. The van der Waals surface area contributed by atoms with E-state index in [1.165, 1.54) is 11.8 Å². The van der Waals surface area contributed by atoms with Gasteiger partial charge >= 0.3 is 0 Å². The topological polar surface area (TPSA) is 74.9 Å². The molecule has 6 nitrogen and oxygen atoms in total. The summed E-state index contributed by atoms with van der Waals surface area (Å²) in [5, 5.41) is 5.07. The summed E-state index contributed by atoms with van der Waals surface area (Å²) in [7, 11) is 0. The largest absolute Gasteiger partial charge is 0.467 e. The van der Waals surface area contributed by atoms with E-state index >= 15 is 0 Å². The number of aryl methyl sites for hydroxylation is 2. The van der Waals surface area contributed by atoms with Crippen LogP contribution >= 0.6 is 11.8 Å². The van der Waals surface area contributed by atoms with Crippen molar-refractivity contribution >= 4 is 50.9 Å². The highest BCUT2D eigenvalue weighted by molar-refractivity contribution is 8.15. The van der Waals surface area contributed by atoms with Crippen molar-refractivity contribution < 1.29 is 14.0 Å². The molecule has 1 aromatic heterocycles. The molecule has 4 aromatic rings. The van der Waals surface area contributed by atoms with E-state index in [2.05, 4.69) is 5.32 Å². The highest BCUT2D eigenvalue weighted by atomic mass is 32.2. The molecule has 0 spiro atoms. The molecule has 1 saturated heterocycles. The van der Waals surface area contributed by atoms with E-state index in [9.17, 15) is 9.59 Å². The maximum Gasteiger partial charge on any atom is 0.243 e. The number of benzene rings is 3. The van der Waals surface area contributed by atoms with E-state index in [1.807, 2.05) is 80.6 Å². The van der Waals surface area contributed by atoms with Crippen molar-refractivity contribution in [3.05, 3.63) is 95.9 Å². The van der Waals surface area contributed by atoms with Crippen LogP contribution in [-0.2, 0) is 16.1 Å². The zero-order chi connectivity index (χ0) is 24.4. The average Bonchev–Trinajstić information content (AvgIpc) is 3.46. The van der Waals surface area contributed by atoms with Gasteiger partial charge in [-0.05, 0) is 48.6 Å². The standard InChI is InChI=1S/C28H25N3O3S/c1-18-8-5-9-19(2)26(18)30-25(32)16-24-27(33)31(17-21-12-7-15-34-21)28(35-24)29-23-14-6-11-20-10-3-4-13-22(20)23/h3-15,24H,16-17H2,1-2H3,(H,30,32). The molecule has 0 radical (unpaired) electrons. The number of hydrogen-bond acceptors (Lipinski definition) is 5. The molecule has 1 fully saturated rings. The van der Waals surface area contributed by atoms with Gasteiger partial charge in [-0.15, -0.1) is 0 Å². The normalized spacial score (nSPS) is 16.9. The number of fused-ring (bicyclic) bond motifs is 1. The monoisotopic (exact) mass is 483 g/mol. The number of rotatable bonds is 6. The van der Waals surface area contributed by atoms with Crippen LogP contribution in [0.4, 0.5) is 11.4 Å². The fraction of sp³-hybridized carbons (Fsp3) is 0.179. The van der Waals surface area contributed by atoms with Crippen molar-refractivity contribution in [3.63, 3.8) is 0 Å². The van der Waals surface area contributed by atoms with E-state index in [-0.39, 0.29) is 24.8 Å². The second-order valence-electron chi connectivity index (χ2n) is 8.52. The van der Waals surface area contributed by atoms with E-state index in [0.717, 1.165) is 33.3 Å². The van der Waals surface area contributed by atoms with Gasteiger partial charge in [0.2, 0.25) is 11.8 Å². The van der Waals surface area contributed by atoms with Gasteiger partial charge in [-0.1, -0.05) is 66.4 Å². The summed E-state index contributed by atoms with van der Waals surface area (Å²) in [6, 6.07) is 23.4. The van der Waals surface area contributed by atoms with Gasteiger partial charge in [0, 0.05) is 17.5 Å². The Morgan fingerprint density at radius 3 is 2.51 bits per heavy atom. The van der Waals surface area contributed by atoms with Crippen LogP contribution in [0.3, 0.4) is 0 Å². The first-order valence-electron chi connectivity index (χ1n) is 11.4. The minimum absolute atomic E-state index is 0.0560. The Kier molecular flexibility index (Phi) is 6.42. The Morgan fingerprint density at radius 1 is 1.00 bits per heavy atom. The highest BCUT2D eigenvalue weighted by Crippen LogP contribution is 2.35. The Bertz CT molecular complexity index is 1400. The number of aliphatic imine (C=N–C) groups is 1. The lowest BCUT2D eigenvalue weighted by molar-refractivity contribution is -0.128. The molecular formula is C28H25N3O3S. The maximum atomic E-state index is 13.4. The first kappa shape index (κ1) is 22.9. The zero-order valence-corrected chi connectivity index (χ0v) is 20.3. The third-order valence-corrected chi connectivity index (χ3v) is 7.19. The molecule has 2 amide bonds. The number of nitrogens with zero attached hydrogens (tertiary/aromatic N) is 2. The Morgan fingerprint density at radius 2 is 1.74 bits per heavy atom. The van der Waals surface area contributed by atoms with Crippen molar-refractivity contribution in [1.82, 2.24) is 4.90 Å². The molecule has 1 N–H and O–H groups in total. The molecular weight excluding hydrogens is 458 g/mol. The predicted molar refractivity (Wildman–Crippen MR) is 141 cm³/mol. The van der Waals surface area contributed by atoms with Crippen LogP contribution < -0.4 is 5.32 Å². The summed E-state index contributed by atoms with van der Waals surface area (Å²) in [5.74, 6) is 0.310. The molecule has 35 heavy (non-hydrogen) atoms. The molecule has 1 unspecified atom stereocenters. The molecule has 2 heterocycles. The average molecular weight is 484 g/mol. The summed E-state index contributed by atoms with van der Waals surface area (Å²) >= 11 is 1.32. The van der Waals surface area contributed by atoms with Crippen molar-refractivity contribution in [3.8, 4) is 0 Å². The minimum atomic E-state index is -0.567. The van der Waals surface area contributed by atoms with Crippen LogP contribution in [0.1, 0.15) is 23.3 Å². The molecule has 0 bridgehead atoms. The second kappa shape index (κ2) is 9.80. The van der Waals surface area contributed by atoms with Crippen LogP contribution in [0.15, 0.2) is 88.5 Å². The lowest BCUT2D eigenvalue weighted by Gasteiger charge is -2.15. The van der Waals surface area contributed by atoms with Gasteiger partial charge in [-0.2, -0.15) is 0 Å². The quantitative estimate of drug-likeness (QED) is 0.354. The molecule has 1 aliphatic rings. The van der Waals surface area contributed by atoms with Crippen LogP contribution in [-0.4, -0.2) is 27.1 Å². The molecule has 0 aliphatic carbocycles. The van der Waals surface area contributed by atoms with Crippen LogP contribution in [0, 0.1) is 13.8 Å². The Balaban J connectivity index is 1.43. The molecule has 1 aliphatic heterocycles. The zero-order valence-electron chi connectivity index (χ0n) is 19.5. The number of carbonyl (C=O) groups is 2. The van der Waals surface area contributed by atoms with Crippen molar-refractivity contribution in [2.75, 3.05) is 5.32 Å². The van der Waals surface area contributed by atoms with Gasteiger partial charge in [0.05, 0.1) is 18.5 Å². The van der Waals surface area contributed by atoms with Gasteiger partial charge in [0.25, 0.3) is 0 Å². The first-order valence-corrected chi connectivity index (χ1v) is 12.3. The molecule has 5 rings (SSSR count). The summed E-state index contributed by atoms with van der Waals surface area (Å²) in [6.07, 6.45) is 1.64. The van der Waals surface area contributed by atoms with E-state index < -0.39 is 5.25 Å². The van der Waals surface area contributed by atoms with Gasteiger partial charge in [0.1, 0.15) is 11.0 Å². The Labute approximate surface area is 208 Å². The number of amidine groups is 1. The number of anilines is 1. The number of para-hydroxylation sites is 1. The first-order chi connectivity index (χ1) is 17.0. The molecule has 3 aromatic carbocycles. The van der Waals surface area contributed by atoms with Crippen molar-refractivity contribution in [2.45, 2.75) is 32.1 Å². The second-order valence-corrected chi connectivity index (χ2v) is 9.69. The van der Waals surface area contributed by atoms with E-state index in [0.29, 0.717) is 10.9 Å². The third kappa shape index (κ3) is 4.86. The summed E-state index contributed by atoms with van der Waals surface area (Å²) < 4.78 is 5.50. The smallest absolute Gasteiger partial charge is 0.243 e. The number of thioether (sulfide) groups is 1. The SMILES string of the molecule is Cc1cccc(C)c1NC(=O)CC1SC(=Nc2cccc3ccccc23)N(Cc2ccco2)C1=O. The Hall–Kier alpha value is -3.84. The van der Waals surface area contributed by atoms with Crippen LogP contribution in [0.25, 0.3) is 10.8 Å². The van der Waals surface area contributed by atoms with Gasteiger partial charge in [-0.25, -0.2) is 4.99 Å². The number of carbonyl (C=O) groups excluding carboxylic acids is 2.